The Morgan fingerprint density at radius 3 is 2.71 bits per heavy atom. The van der Waals surface area contributed by atoms with Crippen LogP contribution in [0.1, 0.15) is 25.1 Å². The van der Waals surface area contributed by atoms with E-state index < -0.39 is 5.60 Å². The highest BCUT2D eigenvalue weighted by molar-refractivity contribution is 5.40. The molecule has 0 aliphatic rings. The Kier molecular flexibility index (Phi) is 2.70. The van der Waals surface area contributed by atoms with Gasteiger partial charge in [0.1, 0.15) is 5.60 Å². The maximum atomic E-state index is 9.82. The molecule has 1 N–H and O–H groups in total. The maximum absolute atomic E-state index is 9.82. The van der Waals surface area contributed by atoms with Gasteiger partial charge in [0.25, 0.3) is 0 Å². The minimum atomic E-state index is -0.960. The van der Waals surface area contributed by atoms with Gasteiger partial charge in [-0.1, -0.05) is 6.07 Å². The highest BCUT2D eigenvalue weighted by Crippen LogP contribution is 2.18. The molecule has 0 aliphatic heterocycles. The largest absolute Gasteiger partial charge is 0.384 e. The van der Waals surface area contributed by atoms with Crippen LogP contribution in [0.4, 0.5) is 0 Å². The molecule has 2 aromatic rings. The van der Waals surface area contributed by atoms with Crippen LogP contribution < -0.4 is 0 Å². The van der Waals surface area contributed by atoms with Crippen molar-refractivity contribution in [3.8, 4) is 11.8 Å². The molecule has 0 saturated heterocycles. The van der Waals surface area contributed by atoms with E-state index in [1.165, 1.54) is 0 Å². The zero-order chi connectivity index (χ0) is 12.5. The van der Waals surface area contributed by atoms with Gasteiger partial charge in [0.2, 0.25) is 0 Å². The number of nitrogens with zero attached hydrogens (tertiary/aromatic N) is 3. The van der Waals surface area contributed by atoms with Gasteiger partial charge in [0.15, 0.2) is 0 Å². The summed E-state index contributed by atoms with van der Waals surface area (Å²) in [6, 6.07) is 11.0. The fraction of sp³-hybridized carbons (Fsp3) is 0.231. The molecule has 1 heterocycles. The number of aliphatic hydroxyl groups is 1. The molecule has 0 radical (unpaired) electrons. The van der Waals surface area contributed by atoms with E-state index in [2.05, 4.69) is 11.2 Å². The molecule has 0 unspecified atom stereocenters. The van der Waals surface area contributed by atoms with Crippen molar-refractivity contribution in [2.24, 2.45) is 0 Å². The molecule has 17 heavy (non-hydrogen) atoms. The molecule has 0 spiro atoms. The first kappa shape index (κ1) is 11.4. The van der Waals surface area contributed by atoms with E-state index in [4.69, 9.17) is 5.26 Å². The summed E-state index contributed by atoms with van der Waals surface area (Å²) >= 11 is 0. The number of hydrogen-bond donors (Lipinski definition) is 1. The summed E-state index contributed by atoms with van der Waals surface area (Å²) in [6.45, 7) is 3.37. The van der Waals surface area contributed by atoms with E-state index in [1.807, 2.05) is 6.07 Å². The summed E-state index contributed by atoms with van der Waals surface area (Å²) in [4.78, 5) is 0. The van der Waals surface area contributed by atoms with Crippen LogP contribution in [0.25, 0.3) is 5.69 Å². The van der Waals surface area contributed by atoms with Crippen molar-refractivity contribution in [3.63, 3.8) is 0 Å². The van der Waals surface area contributed by atoms with E-state index in [9.17, 15) is 5.11 Å². The van der Waals surface area contributed by atoms with Crippen molar-refractivity contribution in [2.45, 2.75) is 19.4 Å². The zero-order valence-electron chi connectivity index (χ0n) is 9.75. The van der Waals surface area contributed by atoms with E-state index in [-0.39, 0.29) is 0 Å². The van der Waals surface area contributed by atoms with Crippen LogP contribution in [0.5, 0.6) is 0 Å². The summed E-state index contributed by atoms with van der Waals surface area (Å²) < 4.78 is 1.65. The van der Waals surface area contributed by atoms with Crippen molar-refractivity contribution in [1.29, 1.82) is 5.26 Å². The first-order valence-corrected chi connectivity index (χ1v) is 5.30. The second-order valence-electron chi connectivity index (χ2n) is 4.37. The van der Waals surface area contributed by atoms with Gasteiger partial charge in [-0.25, -0.2) is 4.68 Å². The van der Waals surface area contributed by atoms with E-state index in [0.29, 0.717) is 11.3 Å². The lowest BCUT2D eigenvalue weighted by atomic mass is 10.1. The predicted molar refractivity (Wildman–Crippen MR) is 63.5 cm³/mol. The number of rotatable bonds is 2. The average molecular weight is 227 g/mol. The summed E-state index contributed by atoms with van der Waals surface area (Å²) in [5, 5.41) is 22.9. The van der Waals surface area contributed by atoms with E-state index in [0.717, 1.165) is 5.69 Å². The lowest BCUT2D eigenvalue weighted by Gasteiger charge is -2.13. The molecule has 0 aliphatic carbocycles. The second-order valence-corrected chi connectivity index (χ2v) is 4.37. The normalized spacial score (nSPS) is 11.2. The molecule has 0 atom stereocenters. The van der Waals surface area contributed by atoms with Crippen molar-refractivity contribution < 1.29 is 5.11 Å². The summed E-state index contributed by atoms with van der Waals surface area (Å²) in [5.74, 6) is 0. The molecule has 0 bridgehead atoms. The fourth-order valence-electron chi connectivity index (χ4n) is 1.51. The molecule has 1 aromatic heterocycles. The average Bonchev–Trinajstić information content (AvgIpc) is 2.78. The Hall–Kier alpha value is -2.12. The van der Waals surface area contributed by atoms with E-state index in [1.54, 1.807) is 49.0 Å². The van der Waals surface area contributed by atoms with Gasteiger partial charge in [-0.2, -0.15) is 10.4 Å². The number of hydrogen-bond acceptors (Lipinski definition) is 3. The Morgan fingerprint density at radius 1 is 1.35 bits per heavy atom. The Labute approximate surface area is 99.7 Å². The van der Waals surface area contributed by atoms with Gasteiger partial charge >= 0.3 is 0 Å². The molecule has 0 amide bonds. The third-order valence-electron chi connectivity index (χ3n) is 2.46. The fourth-order valence-corrected chi connectivity index (χ4v) is 1.51. The second kappa shape index (κ2) is 4.04. The summed E-state index contributed by atoms with van der Waals surface area (Å²) in [5.41, 5.74) is 1.03. The quantitative estimate of drug-likeness (QED) is 0.853. The monoisotopic (exact) mass is 227 g/mol. The van der Waals surface area contributed by atoms with Gasteiger partial charge in [0, 0.05) is 6.20 Å². The third kappa shape index (κ3) is 2.35. The Morgan fingerprint density at radius 2 is 2.12 bits per heavy atom. The highest BCUT2D eigenvalue weighted by Gasteiger charge is 2.19. The molecule has 4 nitrogen and oxygen atoms in total. The molecule has 0 fully saturated rings. The zero-order valence-corrected chi connectivity index (χ0v) is 9.75. The van der Waals surface area contributed by atoms with Crippen LogP contribution in [-0.2, 0) is 5.60 Å². The third-order valence-corrected chi connectivity index (χ3v) is 2.46. The van der Waals surface area contributed by atoms with Gasteiger partial charge in [0.05, 0.1) is 23.0 Å². The van der Waals surface area contributed by atoms with Crippen LogP contribution in [0.3, 0.4) is 0 Å². The SMILES string of the molecule is CC(C)(O)c1ccn(-c2cccc(C#N)c2)n1. The standard InChI is InChI=1S/C13H13N3O/c1-13(2,17)12-6-7-16(15-12)11-5-3-4-10(8-11)9-14/h3-8,17H,1-2H3. The van der Waals surface area contributed by atoms with Crippen LogP contribution in [-0.4, -0.2) is 14.9 Å². The van der Waals surface area contributed by atoms with Gasteiger partial charge in [-0.3, -0.25) is 0 Å². The molecule has 2 rings (SSSR count). The Bertz CT molecular complexity index is 573. The van der Waals surface area contributed by atoms with Crippen molar-refractivity contribution in [3.05, 3.63) is 47.8 Å². The lowest BCUT2D eigenvalue weighted by molar-refractivity contribution is 0.0734. The molecule has 86 valence electrons. The van der Waals surface area contributed by atoms with Crippen molar-refractivity contribution >= 4 is 0 Å². The lowest BCUT2D eigenvalue weighted by Crippen LogP contribution is -2.16. The van der Waals surface area contributed by atoms with Crippen molar-refractivity contribution in [2.75, 3.05) is 0 Å². The van der Waals surface area contributed by atoms with Gasteiger partial charge in [-0.15, -0.1) is 0 Å². The van der Waals surface area contributed by atoms with E-state index >= 15 is 0 Å². The topological polar surface area (TPSA) is 61.8 Å². The molecule has 1 aromatic carbocycles. The number of benzene rings is 1. The van der Waals surface area contributed by atoms with Crippen LogP contribution in [0.2, 0.25) is 0 Å². The first-order valence-electron chi connectivity index (χ1n) is 5.30. The number of aromatic nitrogens is 2. The van der Waals surface area contributed by atoms with Crippen molar-refractivity contribution in [1.82, 2.24) is 9.78 Å². The number of nitriles is 1. The van der Waals surface area contributed by atoms with Crippen LogP contribution >= 0.6 is 0 Å². The summed E-state index contributed by atoms with van der Waals surface area (Å²) in [6.07, 6.45) is 1.77. The first-order chi connectivity index (χ1) is 8.00. The molecule has 4 heteroatoms. The van der Waals surface area contributed by atoms with Gasteiger partial charge in [-0.05, 0) is 38.1 Å². The van der Waals surface area contributed by atoms with Crippen LogP contribution in [0.15, 0.2) is 36.5 Å². The molecular weight excluding hydrogens is 214 g/mol. The van der Waals surface area contributed by atoms with Gasteiger partial charge < -0.3 is 5.11 Å². The minimum absolute atomic E-state index is 0.586. The highest BCUT2D eigenvalue weighted by atomic mass is 16.3. The smallest absolute Gasteiger partial charge is 0.103 e. The Balaban J connectivity index is 2.41. The minimum Gasteiger partial charge on any atom is -0.384 e. The molecule has 0 saturated carbocycles. The van der Waals surface area contributed by atoms with Crippen LogP contribution in [0, 0.1) is 11.3 Å². The predicted octanol–water partition coefficient (Wildman–Crippen LogP) is 1.97. The summed E-state index contributed by atoms with van der Waals surface area (Å²) in [7, 11) is 0. The maximum Gasteiger partial charge on any atom is 0.103 e. The molecular formula is C13H13N3O.